The Kier molecular flexibility index (Phi) is 5.18. The SMILES string of the molecule is CCC1(C(=O)O)CCCN1CCOCCO. The minimum atomic E-state index is -0.727. The zero-order valence-electron chi connectivity index (χ0n) is 9.81. The lowest BCUT2D eigenvalue weighted by atomic mass is 9.93. The summed E-state index contributed by atoms with van der Waals surface area (Å²) in [4.78, 5) is 13.3. The number of aliphatic hydroxyl groups excluding tert-OH is 1. The molecule has 1 atom stereocenters. The molecule has 1 rings (SSSR count). The minimum Gasteiger partial charge on any atom is -0.480 e. The highest BCUT2D eigenvalue weighted by atomic mass is 16.5. The molecule has 1 fully saturated rings. The van der Waals surface area contributed by atoms with E-state index in [-0.39, 0.29) is 6.61 Å². The number of carbonyl (C=O) groups is 1. The van der Waals surface area contributed by atoms with Gasteiger partial charge in [0.15, 0.2) is 0 Å². The fourth-order valence-electron chi connectivity index (χ4n) is 2.40. The summed E-state index contributed by atoms with van der Waals surface area (Å²) in [7, 11) is 0. The zero-order chi connectivity index (χ0) is 12.0. The highest BCUT2D eigenvalue weighted by Gasteiger charge is 2.45. The van der Waals surface area contributed by atoms with Crippen molar-refractivity contribution in [2.24, 2.45) is 0 Å². The van der Waals surface area contributed by atoms with Gasteiger partial charge in [0.25, 0.3) is 0 Å². The molecule has 1 aliphatic rings. The second-order valence-corrected chi connectivity index (χ2v) is 4.12. The minimum absolute atomic E-state index is 0.0118. The number of aliphatic carboxylic acids is 1. The Morgan fingerprint density at radius 1 is 1.50 bits per heavy atom. The first-order valence-electron chi connectivity index (χ1n) is 5.84. The van der Waals surface area contributed by atoms with E-state index < -0.39 is 11.5 Å². The maximum atomic E-state index is 11.3. The first-order valence-corrected chi connectivity index (χ1v) is 5.84. The Morgan fingerprint density at radius 2 is 2.25 bits per heavy atom. The molecule has 2 N–H and O–H groups in total. The summed E-state index contributed by atoms with van der Waals surface area (Å²) in [5.41, 5.74) is -0.692. The van der Waals surface area contributed by atoms with Crippen LogP contribution in [0.4, 0.5) is 0 Å². The molecule has 16 heavy (non-hydrogen) atoms. The average molecular weight is 231 g/mol. The Bertz CT molecular complexity index is 234. The Hall–Kier alpha value is -0.650. The number of rotatable bonds is 7. The molecular formula is C11H21NO4. The van der Waals surface area contributed by atoms with Gasteiger partial charge >= 0.3 is 5.97 Å². The largest absolute Gasteiger partial charge is 0.480 e. The van der Waals surface area contributed by atoms with Crippen molar-refractivity contribution in [1.29, 1.82) is 0 Å². The van der Waals surface area contributed by atoms with Crippen LogP contribution >= 0.6 is 0 Å². The third kappa shape index (κ3) is 2.72. The summed E-state index contributed by atoms with van der Waals surface area (Å²) in [5, 5.41) is 17.9. The van der Waals surface area contributed by atoms with Crippen molar-refractivity contribution >= 4 is 5.97 Å². The van der Waals surface area contributed by atoms with E-state index in [0.29, 0.717) is 26.2 Å². The first-order chi connectivity index (χ1) is 7.67. The molecule has 5 nitrogen and oxygen atoms in total. The van der Waals surface area contributed by atoms with Gasteiger partial charge in [-0.1, -0.05) is 6.92 Å². The standard InChI is InChI=1S/C11H21NO4/c1-2-11(10(14)15)4-3-5-12(11)6-8-16-9-7-13/h13H,2-9H2,1H3,(H,14,15). The predicted octanol–water partition coefficient (Wildman–Crippen LogP) is 0.324. The van der Waals surface area contributed by atoms with Crippen LogP contribution in [0.25, 0.3) is 0 Å². The van der Waals surface area contributed by atoms with E-state index in [0.717, 1.165) is 19.4 Å². The number of carboxylic acid groups (broad SMARTS) is 1. The second kappa shape index (κ2) is 6.18. The van der Waals surface area contributed by atoms with Gasteiger partial charge in [-0.05, 0) is 25.8 Å². The monoisotopic (exact) mass is 231 g/mol. The number of nitrogens with zero attached hydrogens (tertiary/aromatic N) is 1. The molecule has 0 aromatic heterocycles. The van der Waals surface area contributed by atoms with Crippen molar-refractivity contribution in [3.05, 3.63) is 0 Å². The van der Waals surface area contributed by atoms with Gasteiger partial charge in [0.05, 0.1) is 19.8 Å². The fraction of sp³-hybridized carbons (Fsp3) is 0.909. The van der Waals surface area contributed by atoms with Crippen LogP contribution in [0.1, 0.15) is 26.2 Å². The van der Waals surface area contributed by atoms with Crippen LogP contribution in [0.5, 0.6) is 0 Å². The molecule has 1 heterocycles. The van der Waals surface area contributed by atoms with Crippen molar-refractivity contribution in [2.45, 2.75) is 31.7 Å². The number of carboxylic acids is 1. The van der Waals surface area contributed by atoms with Crippen LogP contribution in [0.15, 0.2) is 0 Å². The number of ether oxygens (including phenoxy) is 1. The van der Waals surface area contributed by atoms with E-state index in [9.17, 15) is 9.90 Å². The smallest absolute Gasteiger partial charge is 0.324 e. The Labute approximate surface area is 96.0 Å². The normalized spacial score (nSPS) is 26.1. The van der Waals surface area contributed by atoms with E-state index >= 15 is 0 Å². The summed E-state index contributed by atoms with van der Waals surface area (Å²) < 4.78 is 5.18. The molecule has 0 aromatic rings. The van der Waals surface area contributed by atoms with Crippen LogP contribution in [-0.4, -0.2) is 59.5 Å². The molecule has 0 saturated carbocycles. The lowest BCUT2D eigenvalue weighted by molar-refractivity contribution is -0.150. The summed E-state index contributed by atoms with van der Waals surface area (Å²) in [6.45, 7) is 4.18. The maximum Gasteiger partial charge on any atom is 0.324 e. The molecular weight excluding hydrogens is 210 g/mol. The first kappa shape index (κ1) is 13.4. The number of hydrogen-bond donors (Lipinski definition) is 2. The van der Waals surface area contributed by atoms with Crippen molar-refractivity contribution in [3.63, 3.8) is 0 Å². The molecule has 0 aliphatic carbocycles. The van der Waals surface area contributed by atoms with Crippen molar-refractivity contribution in [1.82, 2.24) is 4.90 Å². The van der Waals surface area contributed by atoms with Crippen LogP contribution < -0.4 is 0 Å². The topological polar surface area (TPSA) is 70.0 Å². The van der Waals surface area contributed by atoms with E-state index in [4.69, 9.17) is 9.84 Å². The molecule has 0 spiro atoms. The summed E-state index contributed by atoms with van der Waals surface area (Å²) in [6.07, 6.45) is 2.28. The lowest BCUT2D eigenvalue weighted by Crippen LogP contribution is -2.51. The molecule has 94 valence electrons. The maximum absolute atomic E-state index is 11.3. The lowest BCUT2D eigenvalue weighted by Gasteiger charge is -2.33. The molecule has 0 radical (unpaired) electrons. The Morgan fingerprint density at radius 3 is 2.81 bits per heavy atom. The second-order valence-electron chi connectivity index (χ2n) is 4.12. The summed E-state index contributed by atoms with van der Waals surface area (Å²) in [6, 6.07) is 0. The van der Waals surface area contributed by atoms with E-state index in [2.05, 4.69) is 0 Å². The molecule has 0 aromatic carbocycles. The van der Waals surface area contributed by atoms with Gasteiger partial charge in [0.2, 0.25) is 0 Å². The van der Waals surface area contributed by atoms with Gasteiger partial charge < -0.3 is 14.9 Å². The number of likely N-dealkylation sites (tertiary alicyclic amines) is 1. The Balaban J connectivity index is 2.47. The molecule has 0 bridgehead atoms. The van der Waals surface area contributed by atoms with Gasteiger partial charge in [-0.3, -0.25) is 9.69 Å². The highest BCUT2D eigenvalue weighted by molar-refractivity contribution is 5.79. The van der Waals surface area contributed by atoms with Crippen molar-refractivity contribution in [2.75, 3.05) is 32.9 Å². The van der Waals surface area contributed by atoms with E-state index in [1.165, 1.54) is 0 Å². The van der Waals surface area contributed by atoms with Crippen molar-refractivity contribution in [3.8, 4) is 0 Å². The third-order valence-electron chi connectivity index (χ3n) is 3.35. The zero-order valence-corrected chi connectivity index (χ0v) is 9.81. The average Bonchev–Trinajstić information content (AvgIpc) is 2.68. The van der Waals surface area contributed by atoms with Gasteiger partial charge in [-0.15, -0.1) is 0 Å². The van der Waals surface area contributed by atoms with Gasteiger partial charge in [0, 0.05) is 6.54 Å². The number of aliphatic hydroxyl groups is 1. The van der Waals surface area contributed by atoms with Crippen LogP contribution in [-0.2, 0) is 9.53 Å². The highest BCUT2D eigenvalue weighted by Crippen LogP contribution is 2.32. The van der Waals surface area contributed by atoms with E-state index in [1.54, 1.807) is 0 Å². The third-order valence-corrected chi connectivity index (χ3v) is 3.35. The summed E-state index contributed by atoms with van der Waals surface area (Å²) in [5.74, 6) is -0.727. The van der Waals surface area contributed by atoms with Gasteiger partial charge in [-0.25, -0.2) is 0 Å². The quantitative estimate of drug-likeness (QED) is 0.618. The fourth-order valence-corrected chi connectivity index (χ4v) is 2.40. The molecule has 5 heteroatoms. The van der Waals surface area contributed by atoms with Crippen LogP contribution in [0.2, 0.25) is 0 Å². The van der Waals surface area contributed by atoms with E-state index in [1.807, 2.05) is 11.8 Å². The molecule has 1 unspecified atom stereocenters. The predicted molar refractivity (Wildman–Crippen MR) is 59.4 cm³/mol. The van der Waals surface area contributed by atoms with Crippen LogP contribution in [0.3, 0.4) is 0 Å². The molecule has 0 amide bonds. The molecule has 1 aliphatic heterocycles. The van der Waals surface area contributed by atoms with Gasteiger partial charge in [0.1, 0.15) is 5.54 Å². The van der Waals surface area contributed by atoms with Crippen LogP contribution in [0, 0.1) is 0 Å². The molecule has 1 saturated heterocycles. The van der Waals surface area contributed by atoms with Crippen molar-refractivity contribution < 1.29 is 19.7 Å². The van der Waals surface area contributed by atoms with Gasteiger partial charge in [-0.2, -0.15) is 0 Å². The number of hydrogen-bond acceptors (Lipinski definition) is 4. The summed E-state index contributed by atoms with van der Waals surface area (Å²) >= 11 is 0.